The zero-order chi connectivity index (χ0) is 21.1. The van der Waals surface area contributed by atoms with E-state index in [9.17, 15) is 4.79 Å². The van der Waals surface area contributed by atoms with Gasteiger partial charge >= 0.3 is 0 Å². The first-order valence-corrected chi connectivity index (χ1v) is 10.8. The van der Waals surface area contributed by atoms with Crippen molar-refractivity contribution in [3.05, 3.63) is 53.4 Å². The molecule has 1 fully saturated rings. The van der Waals surface area contributed by atoms with Crippen LogP contribution >= 0.6 is 0 Å². The smallest absolute Gasteiger partial charge is 0.259 e. The number of fused-ring (bicyclic) bond motifs is 1. The van der Waals surface area contributed by atoms with Crippen LogP contribution in [0, 0.1) is 6.92 Å². The van der Waals surface area contributed by atoms with Gasteiger partial charge in [0.25, 0.3) is 5.91 Å². The Morgan fingerprint density at radius 3 is 2.63 bits per heavy atom. The van der Waals surface area contributed by atoms with E-state index in [2.05, 4.69) is 29.1 Å². The van der Waals surface area contributed by atoms with Crippen LogP contribution in [0.2, 0.25) is 0 Å². The van der Waals surface area contributed by atoms with Gasteiger partial charge < -0.3 is 19.5 Å². The molecule has 158 valence electrons. The van der Waals surface area contributed by atoms with Crippen LogP contribution in [0.1, 0.15) is 41.6 Å². The lowest BCUT2D eigenvalue weighted by molar-refractivity contribution is 0.102. The number of aromatic nitrogens is 1. The fraction of sp³-hybridized carbons (Fsp3) is 0.417. The predicted octanol–water partition coefficient (Wildman–Crippen LogP) is 4.48. The Bertz CT molecular complexity index is 1030. The largest absolute Gasteiger partial charge is 0.460 e. The standard InChI is InChI=1S/C24H30N4O2/c1-4-5-9-21-23(18-8-6-7-10-20(18)30-21)24(29)26-19-11-12-22(25-17(19)2)28-15-13-27(3)14-16-28/h6-8,10-12H,4-5,9,13-16H2,1-3H3,(H,26,29). The Morgan fingerprint density at radius 2 is 1.90 bits per heavy atom. The van der Waals surface area contributed by atoms with Crippen LogP contribution in [0.25, 0.3) is 11.0 Å². The van der Waals surface area contributed by atoms with Crippen LogP contribution in [-0.4, -0.2) is 49.0 Å². The van der Waals surface area contributed by atoms with E-state index in [-0.39, 0.29) is 5.91 Å². The van der Waals surface area contributed by atoms with Gasteiger partial charge in [0.15, 0.2) is 0 Å². The summed E-state index contributed by atoms with van der Waals surface area (Å²) < 4.78 is 6.01. The number of nitrogens with one attached hydrogen (secondary N) is 1. The highest BCUT2D eigenvalue weighted by Gasteiger charge is 2.22. The van der Waals surface area contributed by atoms with Crippen molar-refractivity contribution >= 4 is 28.4 Å². The normalized spacial score (nSPS) is 15.0. The van der Waals surface area contributed by atoms with E-state index < -0.39 is 0 Å². The van der Waals surface area contributed by atoms with Crippen LogP contribution in [0.3, 0.4) is 0 Å². The number of benzene rings is 1. The number of amides is 1. The summed E-state index contributed by atoms with van der Waals surface area (Å²) in [5, 5.41) is 3.93. The Hall–Kier alpha value is -2.86. The third-order valence-corrected chi connectivity index (χ3v) is 5.80. The average Bonchev–Trinajstić information content (AvgIpc) is 3.12. The van der Waals surface area contributed by atoms with E-state index in [4.69, 9.17) is 9.40 Å². The first-order valence-electron chi connectivity index (χ1n) is 10.8. The second-order valence-electron chi connectivity index (χ2n) is 8.05. The molecule has 1 aliphatic rings. The van der Waals surface area contributed by atoms with Crippen LogP contribution in [-0.2, 0) is 6.42 Å². The second kappa shape index (κ2) is 8.88. The molecule has 2 aromatic heterocycles. The van der Waals surface area contributed by atoms with Crippen molar-refractivity contribution < 1.29 is 9.21 Å². The van der Waals surface area contributed by atoms with Gasteiger partial charge in [-0.2, -0.15) is 0 Å². The summed E-state index contributed by atoms with van der Waals surface area (Å²) in [7, 11) is 2.14. The molecular formula is C24H30N4O2. The van der Waals surface area contributed by atoms with Crippen LogP contribution in [0.15, 0.2) is 40.8 Å². The molecule has 1 amide bonds. The number of anilines is 2. The minimum Gasteiger partial charge on any atom is -0.460 e. The number of aryl methyl sites for hydroxylation is 2. The molecule has 6 heteroatoms. The molecule has 4 rings (SSSR count). The van der Waals surface area contributed by atoms with E-state index in [1.165, 1.54) is 0 Å². The van der Waals surface area contributed by atoms with Gasteiger partial charge in [0.05, 0.1) is 16.9 Å². The maximum atomic E-state index is 13.2. The van der Waals surface area contributed by atoms with Gasteiger partial charge in [-0.3, -0.25) is 4.79 Å². The molecule has 30 heavy (non-hydrogen) atoms. The fourth-order valence-electron chi connectivity index (χ4n) is 3.93. The third-order valence-electron chi connectivity index (χ3n) is 5.80. The molecule has 0 atom stereocenters. The van der Waals surface area contributed by atoms with E-state index >= 15 is 0 Å². The number of piperazine rings is 1. The summed E-state index contributed by atoms with van der Waals surface area (Å²) in [5.41, 5.74) is 2.96. The molecule has 0 unspecified atom stereocenters. The molecular weight excluding hydrogens is 376 g/mol. The average molecular weight is 407 g/mol. The first-order chi connectivity index (χ1) is 14.6. The molecule has 0 radical (unpaired) electrons. The quantitative estimate of drug-likeness (QED) is 0.654. The molecule has 1 N–H and O–H groups in total. The molecule has 0 bridgehead atoms. The number of likely N-dealkylation sites (N-methyl/N-ethyl adjacent to an activating group) is 1. The van der Waals surface area contributed by atoms with Crippen molar-refractivity contribution in [2.45, 2.75) is 33.1 Å². The topological polar surface area (TPSA) is 61.6 Å². The minimum absolute atomic E-state index is 0.136. The number of unbranched alkanes of at least 4 members (excludes halogenated alkanes) is 1. The van der Waals surface area contributed by atoms with E-state index in [1.54, 1.807) is 0 Å². The Kier molecular flexibility index (Phi) is 6.04. The zero-order valence-corrected chi connectivity index (χ0v) is 18.1. The molecule has 3 aromatic rings. The summed E-state index contributed by atoms with van der Waals surface area (Å²) in [5.74, 6) is 1.59. The van der Waals surface area contributed by atoms with Crippen molar-refractivity contribution in [3.63, 3.8) is 0 Å². The number of pyridine rings is 1. The number of carbonyl (C=O) groups excluding carboxylic acids is 1. The predicted molar refractivity (Wildman–Crippen MR) is 121 cm³/mol. The highest BCUT2D eigenvalue weighted by Crippen LogP contribution is 2.29. The molecule has 6 nitrogen and oxygen atoms in total. The molecule has 1 saturated heterocycles. The van der Waals surface area contributed by atoms with Crippen molar-refractivity contribution in [2.24, 2.45) is 0 Å². The van der Waals surface area contributed by atoms with E-state index in [0.717, 1.165) is 79.4 Å². The molecule has 1 aliphatic heterocycles. The van der Waals surface area contributed by atoms with Crippen molar-refractivity contribution in [1.82, 2.24) is 9.88 Å². The zero-order valence-electron chi connectivity index (χ0n) is 18.1. The summed E-state index contributed by atoms with van der Waals surface area (Å²) in [6.45, 7) is 8.09. The summed E-state index contributed by atoms with van der Waals surface area (Å²) in [4.78, 5) is 22.6. The van der Waals surface area contributed by atoms with Crippen molar-refractivity contribution in [2.75, 3.05) is 43.4 Å². The maximum Gasteiger partial charge on any atom is 0.259 e. The number of furan rings is 1. The van der Waals surface area contributed by atoms with Crippen LogP contribution in [0.4, 0.5) is 11.5 Å². The first kappa shape index (κ1) is 20.4. The summed E-state index contributed by atoms with van der Waals surface area (Å²) >= 11 is 0. The lowest BCUT2D eigenvalue weighted by atomic mass is 10.1. The van der Waals surface area contributed by atoms with Crippen molar-refractivity contribution in [3.8, 4) is 0 Å². The second-order valence-corrected chi connectivity index (χ2v) is 8.05. The molecule has 0 aliphatic carbocycles. The van der Waals surface area contributed by atoms with Gasteiger partial charge in [0.2, 0.25) is 0 Å². The maximum absolute atomic E-state index is 13.2. The number of hydrogen-bond acceptors (Lipinski definition) is 5. The number of para-hydroxylation sites is 1. The summed E-state index contributed by atoms with van der Waals surface area (Å²) in [6.07, 6.45) is 2.79. The van der Waals surface area contributed by atoms with Crippen LogP contribution < -0.4 is 10.2 Å². The van der Waals surface area contributed by atoms with E-state index in [1.807, 2.05) is 43.3 Å². The SMILES string of the molecule is CCCCc1oc2ccccc2c1C(=O)Nc1ccc(N2CCN(C)CC2)nc1C. The lowest BCUT2D eigenvalue weighted by Crippen LogP contribution is -2.44. The Balaban J connectivity index is 1.57. The van der Waals surface area contributed by atoms with Gasteiger partial charge in [0.1, 0.15) is 17.2 Å². The van der Waals surface area contributed by atoms with Gasteiger partial charge in [-0.15, -0.1) is 0 Å². The van der Waals surface area contributed by atoms with E-state index in [0.29, 0.717) is 5.56 Å². The minimum atomic E-state index is -0.136. The third kappa shape index (κ3) is 4.19. The lowest BCUT2D eigenvalue weighted by Gasteiger charge is -2.33. The Labute approximate surface area is 177 Å². The number of nitrogens with zero attached hydrogens (tertiary/aromatic N) is 3. The van der Waals surface area contributed by atoms with Crippen molar-refractivity contribution in [1.29, 1.82) is 0 Å². The highest BCUT2D eigenvalue weighted by molar-refractivity contribution is 6.13. The monoisotopic (exact) mass is 406 g/mol. The number of hydrogen-bond donors (Lipinski definition) is 1. The molecule has 0 spiro atoms. The highest BCUT2D eigenvalue weighted by atomic mass is 16.3. The van der Waals surface area contributed by atoms with Gasteiger partial charge in [-0.1, -0.05) is 31.5 Å². The number of carbonyl (C=O) groups is 1. The number of rotatable bonds is 6. The molecule has 3 heterocycles. The van der Waals surface area contributed by atoms with Gasteiger partial charge in [-0.05, 0) is 38.6 Å². The Morgan fingerprint density at radius 1 is 1.13 bits per heavy atom. The summed E-state index contributed by atoms with van der Waals surface area (Å²) in [6, 6.07) is 11.7. The van der Waals surface area contributed by atoms with Gasteiger partial charge in [-0.25, -0.2) is 4.98 Å². The molecule has 0 saturated carbocycles. The van der Waals surface area contributed by atoms with Gasteiger partial charge in [0, 0.05) is 38.0 Å². The fourth-order valence-corrected chi connectivity index (χ4v) is 3.93. The van der Waals surface area contributed by atoms with Crippen LogP contribution in [0.5, 0.6) is 0 Å². The molecule has 1 aromatic carbocycles.